The molecule has 1 saturated heterocycles. The van der Waals surface area contributed by atoms with Gasteiger partial charge in [-0.05, 0) is 50.6 Å². The van der Waals surface area contributed by atoms with Crippen LogP contribution in [0.15, 0.2) is 24.3 Å². The lowest BCUT2D eigenvalue weighted by Gasteiger charge is -2.31. The number of hydrogen-bond donors (Lipinski definition) is 1. The molecule has 1 heterocycles. The van der Waals surface area contributed by atoms with Crippen molar-refractivity contribution in [1.29, 1.82) is 0 Å². The predicted molar refractivity (Wildman–Crippen MR) is 79.7 cm³/mol. The summed E-state index contributed by atoms with van der Waals surface area (Å²) >= 11 is 0. The second-order valence-electron chi connectivity index (χ2n) is 5.34. The van der Waals surface area contributed by atoms with Gasteiger partial charge in [0.2, 0.25) is 5.91 Å². The molecule has 0 saturated carbocycles. The molecule has 20 heavy (non-hydrogen) atoms. The quantitative estimate of drug-likeness (QED) is 0.896. The summed E-state index contributed by atoms with van der Waals surface area (Å²) in [6, 6.07) is 7.74. The van der Waals surface area contributed by atoms with Crippen LogP contribution in [0.4, 0.5) is 0 Å². The molecule has 4 heteroatoms. The van der Waals surface area contributed by atoms with Crippen LogP contribution in [0.3, 0.4) is 0 Å². The van der Waals surface area contributed by atoms with E-state index in [-0.39, 0.29) is 11.9 Å². The smallest absolute Gasteiger partial charge is 0.237 e. The number of nitrogens with one attached hydrogen (secondary N) is 1. The molecule has 110 valence electrons. The third-order valence-corrected chi connectivity index (χ3v) is 3.94. The van der Waals surface area contributed by atoms with E-state index in [2.05, 4.69) is 10.2 Å². The Morgan fingerprint density at radius 3 is 2.50 bits per heavy atom. The van der Waals surface area contributed by atoms with Crippen molar-refractivity contribution in [2.75, 3.05) is 20.2 Å². The zero-order valence-corrected chi connectivity index (χ0v) is 12.4. The maximum Gasteiger partial charge on any atom is 0.237 e. The molecular formula is C16H24N2O2. The van der Waals surface area contributed by atoms with Crippen LogP contribution in [-0.4, -0.2) is 37.0 Å². The molecule has 1 N–H and O–H groups in total. The van der Waals surface area contributed by atoms with Crippen molar-refractivity contribution in [2.45, 2.75) is 38.8 Å². The van der Waals surface area contributed by atoms with Gasteiger partial charge in [0.15, 0.2) is 0 Å². The zero-order valence-electron chi connectivity index (χ0n) is 12.4. The SMILES string of the molecule is COc1ccc(CNC(=O)[C@@H](C)N2CCCCC2)cc1. The maximum atomic E-state index is 12.2. The van der Waals surface area contributed by atoms with Gasteiger partial charge in [-0.2, -0.15) is 0 Å². The number of carbonyl (C=O) groups excluding carboxylic acids is 1. The van der Waals surface area contributed by atoms with Crippen LogP contribution in [0.5, 0.6) is 5.75 Å². The lowest BCUT2D eigenvalue weighted by molar-refractivity contribution is -0.126. The monoisotopic (exact) mass is 276 g/mol. The van der Waals surface area contributed by atoms with Crippen molar-refractivity contribution in [2.24, 2.45) is 0 Å². The molecule has 0 aromatic heterocycles. The highest BCUT2D eigenvalue weighted by atomic mass is 16.5. The van der Waals surface area contributed by atoms with Crippen molar-refractivity contribution in [3.8, 4) is 5.75 Å². The number of nitrogens with zero attached hydrogens (tertiary/aromatic N) is 1. The minimum Gasteiger partial charge on any atom is -0.497 e. The fourth-order valence-electron chi connectivity index (χ4n) is 2.55. The number of methoxy groups -OCH3 is 1. The highest BCUT2D eigenvalue weighted by Crippen LogP contribution is 2.13. The van der Waals surface area contributed by atoms with Crippen LogP contribution in [0.1, 0.15) is 31.7 Å². The summed E-state index contributed by atoms with van der Waals surface area (Å²) in [5, 5.41) is 3.01. The number of rotatable bonds is 5. The Morgan fingerprint density at radius 1 is 1.25 bits per heavy atom. The summed E-state index contributed by atoms with van der Waals surface area (Å²) in [5.41, 5.74) is 1.09. The van der Waals surface area contributed by atoms with Crippen LogP contribution >= 0.6 is 0 Å². The number of benzene rings is 1. The van der Waals surface area contributed by atoms with E-state index in [1.165, 1.54) is 19.3 Å². The summed E-state index contributed by atoms with van der Waals surface area (Å²) in [7, 11) is 1.65. The lowest BCUT2D eigenvalue weighted by Crippen LogP contribution is -2.46. The van der Waals surface area contributed by atoms with Crippen molar-refractivity contribution in [1.82, 2.24) is 10.2 Å². The van der Waals surface area contributed by atoms with Crippen LogP contribution in [0, 0.1) is 0 Å². The van der Waals surface area contributed by atoms with E-state index < -0.39 is 0 Å². The normalized spacial score (nSPS) is 17.5. The average molecular weight is 276 g/mol. The molecule has 4 nitrogen and oxygen atoms in total. The Morgan fingerprint density at radius 2 is 1.90 bits per heavy atom. The summed E-state index contributed by atoms with van der Waals surface area (Å²) in [4.78, 5) is 14.4. The molecule has 1 aromatic rings. The summed E-state index contributed by atoms with van der Waals surface area (Å²) in [6.45, 7) is 4.64. The van der Waals surface area contributed by atoms with Crippen molar-refractivity contribution in [3.63, 3.8) is 0 Å². The molecule has 1 aliphatic rings. The van der Waals surface area contributed by atoms with E-state index in [1.807, 2.05) is 31.2 Å². The van der Waals surface area contributed by atoms with Gasteiger partial charge in [0.25, 0.3) is 0 Å². The molecular weight excluding hydrogens is 252 g/mol. The minimum atomic E-state index is -0.0338. The Labute approximate surface area is 121 Å². The second-order valence-corrected chi connectivity index (χ2v) is 5.34. The van der Waals surface area contributed by atoms with Gasteiger partial charge in [-0.3, -0.25) is 9.69 Å². The minimum absolute atomic E-state index is 0.0338. The van der Waals surface area contributed by atoms with Gasteiger partial charge in [-0.15, -0.1) is 0 Å². The first-order chi connectivity index (χ1) is 9.70. The molecule has 1 fully saturated rings. The molecule has 0 unspecified atom stereocenters. The summed E-state index contributed by atoms with van der Waals surface area (Å²) < 4.78 is 5.12. The number of carbonyl (C=O) groups is 1. The Bertz CT molecular complexity index is 425. The largest absolute Gasteiger partial charge is 0.497 e. The Kier molecular flexibility index (Phi) is 5.41. The van der Waals surface area contributed by atoms with Gasteiger partial charge >= 0.3 is 0 Å². The first-order valence-corrected chi connectivity index (χ1v) is 7.35. The molecule has 1 aromatic carbocycles. The zero-order chi connectivity index (χ0) is 14.4. The molecule has 2 rings (SSSR count). The fourth-order valence-corrected chi connectivity index (χ4v) is 2.55. The molecule has 0 spiro atoms. The van der Waals surface area contributed by atoms with Crippen LogP contribution in [0.2, 0.25) is 0 Å². The van der Waals surface area contributed by atoms with Gasteiger partial charge < -0.3 is 10.1 Å². The lowest BCUT2D eigenvalue weighted by atomic mass is 10.1. The summed E-state index contributed by atoms with van der Waals surface area (Å²) in [5.74, 6) is 0.949. The first-order valence-electron chi connectivity index (χ1n) is 7.35. The number of hydrogen-bond acceptors (Lipinski definition) is 3. The van der Waals surface area contributed by atoms with Crippen molar-refractivity contribution in [3.05, 3.63) is 29.8 Å². The van der Waals surface area contributed by atoms with Crippen LogP contribution in [-0.2, 0) is 11.3 Å². The van der Waals surface area contributed by atoms with E-state index >= 15 is 0 Å². The van der Waals surface area contributed by atoms with Gasteiger partial charge in [0.05, 0.1) is 13.2 Å². The number of likely N-dealkylation sites (tertiary alicyclic amines) is 1. The molecule has 0 aliphatic carbocycles. The second kappa shape index (κ2) is 7.29. The molecule has 1 amide bonds. The van der Waals surface area contributed by atoms with Gasteiger partial charge in [0, 0.05) is 6.54 Å². The van der Waals surface area contributed by atoms with Gasteiger partial charge in [0.1, 0.15) is 5.75 Å². The Balaban J connectivity index is 1.81. The number of ether oxygens (including phenoxy) is 1. The number of amides is 1. The standard InChI is InChI=1S/C16H24N2O2/c1-13(18-10-4-3-5-11-18)16(19)17-12-14-6-8-15(20-2)9-7-14/h6-9,13H,3-5,10-12H2,1-2H3,(H,17,19)/t13-/m1/s1. The summed E-state index contributed by atoms with van der Waals surface area (Å²) in [6.07, 6.45) is 3.70. The Hall–Kier alpha value is -1.55. The van der Waals surface area contributed by atoms with Crippen molar-refractivity contribution < 1.29 is 9.53 Å². The van der Waals surface area contributed by atoms with E-state index in [0.717, 1.165) is 24.4 Å². The van der Waals surface area contributed by atoms with E-state index in [0.29, 0.717) is 6.54 Å². The number of piperidine rings is 1. The predicted octanol–water partition coefficient (Wildman–Crippen LogP) is 2.19. The van der Waals surface area contributed by atoms with Crippen molar-refractivity contribution >= 4 is 5.91 Å². The van der Waals surface area contributed by atoms with E-state index in [1.54, 1.807) is 7.11 Å². The van der Waals surface area contributed by atoms with E-state index in [9.17, 15) is 4.79 Å². The highest BCUT2D eigenvalue weighted by Gasteiger charge is 2.22. The first kappa shape index (κ1) is 14.9. The highest BCUT2D eigenvalue weighted by molar-refractivity contribution is 5.81. The van der Waals surface area contributed by atoms with E-state index in [4.69, 9.17) is 4.74 Å². The van der Waals surface area contributed by atoms with Crippen LogP contribution < -0.4 is 10.1 Å². The topological polar surface area (TPSA) is 41.6 Å². The van der Waals surface area contributed by atoms with Gasteiger partial charge in [-0.25, -0.2) is 0 Å². The molecule has 1 aliphatic heterocycles. The fraction of sp³-hybridized carbons (Fsp3) is 0.562. The van der Waals surface area contributed by atoms with Crippen LogP contribution in [0.25, 0.3) is 0 Å². The molecule has 0 radical (unpaired) electrons. The molecule has 0 bridgehead atoms. The van der Waals surface area contributed by atoms with Gasteiger partial charge in [-0.1, -0.05) is 18.6 Å². The maximum absolute atomic E-state index is 12.2. The third kappa shape index (κ3) is 3.97. The molecule has 1 atom stereocenters. The third-order valence-electron chi connectivity index (χ3n) is 3.94. The average Bonchev–Trinajstić information content (AvgIpc) is 2.53.